The van der Waals surface area contributed by atoms with E-state index in [2.05, 4.69) is 53.2 Å². The molecule has 3 aromatic rings. The number of unbranched alkanes of at least 4 members (excludes halogenated alkanes) is 5. The lowest BCUT2D eigenvalue weighted by Crippen LogP contribution is -2.22. The van der Waals surface area contributed by atoms with Gasteiger partial charge in [-0.05, 0) is 23.9 Å². The first kappa shape index (κ1) is 18.3. The monoisotopic (exact) mass is 397 g/mol. The molecule has 25 heavy (non-hydrogen) atoms. The van der Waals surface area contributed by atoms with Gasteiger partial charge in [-0.2, -0.15) is 0 Å². The van der Waals surface area contributed by atoms with Crippen LogP contribution >= 0.6 is 15.9 Å². The second-order valence-corrected chi connectivity index (χ2v) is 7.85. The lowest BCUT2D eigenvalue weighted by Gasteiger charge is -2.14. The Kier molecular flexibility index (Phi) is 6.00. The molecule has 0 saturated heterocycles. The van der Waals surface area contributed by atoms with Crippen molar-refractivity contribution in [3.8, 4) is 0 Å². The third kappa shape index (κ3) is 4.00. The molecule has 0 aliphatic carbocycles. The first-order valence-corrected chi connectivity index (χ1v) is 10.1. The quantitative estimate of drug-likeness (QED) is 0.326. The number of nitrogens with zero attached hydrogens (tertiary/aromatic N) is 1. The summed E-state index contributed by atoms with van der Waals surface area (Å²) in [6, 6.07) is 12.4. The van der Waals surface area contributed by atoms with Gasteiger partial charge in [-0.3, -0.25) is 4.79 Å². The number of halogens is 1. The van der Waals surface area contributed by atoms with Crippen LogP contribution in [0.3, 0.4) is 0 Å². The maximum absolute atomic E-state index is 13.1. The molecule has 0 saturated carbocycles. The van der Waals surface area contributed by atoms with Gasteiger partial charge in [0.1, 0.15) is 7.85 Å². The number of hydrogen-bond donors (Lipinski definition) is 0. The van der Waals surface area contributed by atoms with E-state index in [9.17, 15) is 4.79 Å². The summed E-state index contributed by atoms with van der Waals surface area (Å²) in [5.74, 6) is 0. The van der Waals surface area contributed by atoms with Gasteiger partial charge in [0.25, 0.3) is 5.56 Å². The van der Waals surface area contributed by atoms with Crippen LogP contribution in [-0.2, 0) is 6.54 Å². The first-order valence-electron chi connectivity index (χ1n) is 9.34. The fraction of sp³-hybridized carbons (Fsp3) is 0.381. The molecule has 0 spiro atoms. The van der Waals surface area contributed by atoms with E-state index < -0.39 is 0 Å². The molecule has 2 aromatic carbocycles. The average molecular weight is 398 g/mol. The van der Waals surface area contributed by atoms with Crippen molar-refractivity contribution < 1.29 is 0 Å². The number of aromatic nitrogens is 1. The van der Waals surface area contributed by atoms with Gasteiger partial charge < -0.3 is 4.57 Å². The van der Waals surface area contributed by atoms with Gasteiger partial charge in [-0.1, -0.05) is 84.7 Å². The Balaban J connectivity index is 2.01. The SMILES string of the molecule is Bc1ccc2c(c1)c(=O)n(CCCCCCCC)c1cc(Br)ccc21. The third-order valence-corrected chi connectivity index (χ3v) is 5.42. The van der Waals surface area contributed by atoms with Crippen molar-refractivity contribution >= 4 is 50.9 Å². The zero-order chi connectivity index (χ0) is 17.8. The van der Waals surface area contributed by atoms with E-state index in [0.29, 0.717) is 0 Å². The molecular weight excluding hydrogens is 373 g/mol. The van der Waals surface area contributed by atoms with Crippen LogP contribution in [-0.4, -0.2) is 12.4 Å². The summed E-state index contributed by atoms with van der Waals surface area (Å²) in [7, 11) is 2.04. The lowest BCUT2D eigenvalue weighted by molar-refractivity contribution is 0.559. The molecule has 1 aromatic heterocycles. The third-order valence-electron chi connectivity index (χ3n) is 4.93. The zero-order valence-corrected chi connectivity index (χ0v) is 16.7. The summed E-state index contributed by atoms with van der Waals surface area (Å²) in [6.45, 7) is 3.03. The average Bonchev–Trinajstić information content (AvgIpc) is 2.60. The molecule has 0 aliphatic heterocycles. The van der Waals surface area contributed by atoms with E-state index in [1.165, 1.54) is 32.1 Å². The zero-order valence-electron chi connectivity index (χ0n) is 15.1. The van der Waals surface area contributed by atoms with E-state index >= 15 is 0 Å². The van der Waals surface area contributed by atoms with Crippen LogP contribution < -0.4 is 11.0 Å². The minimum absolute atomic E-state index is 0.137. The molecule has 130 valence electrons. The molecule has 0 unspecified atom stereocenters. The molecule has 0 atom stereocenters. The van der Waals surface area contributed by atoms with Crippen molar-refractivity contribution in [3.63, 3.8) is 0 Å². The minimum Gasteiger partial charge on any atom is -0.308 e. The Bertz CT molecular complexity index is 948. The number of fused-ring (bicyclic) bond motifs is 3. The van der Waals surface area contributed by atoms with E-state index in [1.54, 1.807) is 0 Å². The van der Waals surface area contributed by atoms with Gasteiger partial charge in [-0.15, -0.1) is 0 Å². The predicted molar refractivity (Wildman–Crippen MR) is 115 cm³/mol. The second kappa shape index (κ2) is 8.22. The van der Waals surface area contributed by atoms with Crippen LogP contribution in [0.25, 0.3) is 21.7 Å². The van der Waals surface area contributed by atoms with Crippen LogP contribution in [0.5, 0.6) is 0 Å². The molecule has 0 N–H and O–H groups in total. The molecule has 1 heterocycles. The highest BCUT2D eigenvalue weighted by atomic mass is 79.9. The number of hydrogen-bond acceptors (Lipinski definition) is 1. The van der Waals surface area contributed by atoms with Gasteiger partial charge in [0.05, 0.1) is 5.52 Å². The highest BCUT2D eigenvalue weighted by molar-refractivity contribution is 9.10. The molecule has 2 nitrogen and oxygen atoms in total. The molecule has 4 heteroatoms. The van der Waals surface area contributed by atoms with E-state index in [0.717, 1.165) is 44.6 Å². The first-order chi connectivity index (χ1) is 12.1. The van der Waals surface area contributed by atoms with E-state index in [1.807, 2.05) is 18.5 Å². The maximum Gasteiger partial charge on any atom is 0.258 e. The highest BCUT2D eigenvalue weighted by Gasteiger charge is 2.11. The molecular formula is C21H25BBrNO. The van der Waals surface area contributed by atoms with Gasteiger partial charge in [-0.25, -0.2) is 0 Å². The molecule has 0 bridgehead atoms. The Labute approximate surface area is 158 Å². The molecule has 0 radical (unpaired) electrons. The largest absolute Gasteiger partial charge is 0.308 e. The lowest BCUT2D eigenvalue weighted by atomic mass is 9.93. The molecule has 0 fully saturated rings. The van der Waals surface area contributed by atoms with Crippen molar-refractivity contribution in [2.75, 3.05) is 0 Å². The summed E-state index contributed by atoms with van der Waals surface area (Å²) < 4.78 is 2.99. The summed E-state index contributed by atoms with van der Waals surface area (Å²) in [6.07, 6.45) is 7.38. The number of rotatable bonds is 7. The molecule has 0 amide bonds. The Morgan fingerprint density at radius 2 is 1.64 bits per heavy atom. The molecule has 0 aliphatic rings. The van der Waals surface area contributed by atoms with Crippen LogP contribution in [0.4, 0.5) is 0 Å². The van der Waals surface area contributed by atoms with Crippen molar-refractivity contribution in [1.82, 2.24) is 4.57 Å². The molecule has 3 rings (SSSR count). The van der Waals surface area contributed by atoms with Crippen LogP contribution in [0.15, 0.2) is 45.7 Å². The topological polar surface area (TPSA) is 22.0 Å². The number of benzene rings is 2. The summed E-state index contributed by atoms with van der Waals surface area (Å²) >= 11 is 3.56. The van der Waals surface area contributed by atoms with Gasteiger partial charge >= 0.3 is 0 Å². The summed E-state index contributed by atoms with van der Waals surface area (Å²) in [5.41, 5.74) is 2.30. The fourth-order valence-electron chi connectivity index (χ4n) is 3.55. The number of aryl methyl sites for hydroxylation is 1. The van der Waals surface area contributed by atoms with Crippen LogP contribution in [0.1, 0.15) is 45.4 Å². The Morgan fingerprint density at radius 3 is 2.44 bits per heavy atom. The summed E-state index contributed by atoms with van der Waals surface area (Å²) in [4.78, 5) is 13.1. The number of pyridine rings is 1. The van der Waals surface area contributed by atoms with Gasteiger partial charge in [0, 0.05) is 21.8 Å². The highest BCUT2D eigenvalue weighted by Crippen LogP contribution is 2.25. The van der Waals surface area contributed by atoms with E-state index in [-0.39, 0.29) is 5.56 Å². The van der Waals surface area contributed by atoms with E-state index in [4.69, 9.17) is 0 Å². The predicted octanol–water partition coefficient (Wildman–Crippen LogP) is 4.54. The van der Waals surface area contributed by atoms with Crippen molar-refractivity contribution in [1.29, 1.82) is 0 Å². The fourth-order valence-corrected chi connectivity index (χ4v) is 3.90. The second-order valence-electron chi connectivity index (χ2n) is 6.94. The standard InChI is InChI=1S/C21H25BBrNO/c1-2-3-4-5-6-7-12-24-20-14-16(23)9-11-18(20)17-10-8-15(22)13-19(17)21(24)25/h8-11,13-14H,2-7,12,22H2,1H3. The summed E-state index contributed by atoms with van der Waals surface area (Å²) in [5, 5.41) is 3.04. The smallest absolute Gasteiger partial charge is 0.258 e. The Morgan fingerprint density at radius 1 is 0.920 bits per heavy atom. The van der Waals surface area contributed by atoms with Crippen molar-refractivity contribution in [2.24, 2.45) is 0 Å². The Hall–Kier alpha value is -1.55. The van der Waals surface area contributed by atoms with Gasteiger partial charge in [0.2, 0.25) is 0 Å². The normalized spacial score (nSPS) is 11.4. The minimum atomic E-state index is 0.137. The van der Waals surface area contributed by atoms with Crippen LogP contribution in [0.2, 0.25) is 0 Å². The van der Waals surface area contributed by atoms with Crippen molar-refractivity contribution in [3.05, 3.63) is 51.2 Å². The maximum atomic E-state index is 13.1. The van der Waals surface area contributed by atoms with Gasteiger partial charge in [0.15, 0.2) is 0 Å². The van der Waals surface area contributed by atoms with Crippen molar-refractivity contribution in [2.45, 2.75) is 52.0 Å². The van der Waals surface area contributed by atoms with Crippen LogP contribution in [0, 0.1) is 0 Å².